The molecule has 6 heteroatoms. The molecule has 1 aromatic rings. The van der Waals surface area contributed by atoms with E-state index in [0.29, 0.717) is 35.1 Å². The highest BCUT2D eigenvalue weighted by Crippen LogP contribution is 2.28. The van der Waals surface area contributed by atoms with Gasteiger partial charge in [-0.2, -0.15) is 0 Å². The summed E-state index contributed by atoms with van der Waals surface area (Å²) in [7, 11) is 0. The van der Waals surface area contributed by atoms with Gasteiger partial charge in [0.05, 0.1) is 22.8 Å². The third-order valence-corrected chi connectivity index (χ3v) is 3.90. The molecule has 18 heavy (non-hydrogen) atoms. The van der Waals surface area contributed by atoms with Gasteiger partial charge in [0.25, 0.3) is 0 Å². The molecule has 1 fully saturated rings. The molecule has 0 bridgehead atoms. The molecule has 3 nitrogen and oxygen atoms in total. The van der Waals surface area contributed by atoms with E-state index in [4.69, 9.17) is 39.5 Å². The first-order valence-corrected chi connectivity index (χ1v) is 7.17. The van der Waals surface area contributed by atoms with E-state index in [9.17, 15) is 0 Å². The number of halogens is 3. The topological polar surface area (TPSA) is 34.1 Å². The molecule has 0 amide bonds. The van der Waals surface area contributed by atoms with E-state index in [1.807, 2.05) is 0 Å². The molecule has 0 saturated heterocycles. The summed E-state index contributed by atoms with van der Waals surface area (Å²) < 4.78 is 5.73. The summed E-state index contributed by atoms with van der Waals surface area (Å²) >= 11 is 17.6. The van der Waals surface area contributed by atoms with Crippen LogP contribution in [-0.4, -0.2) is 24.2 Å². The van der Waals surface area contributed by atoms with E-state index >= 15 is 0 Å². The summed E-state index contributed by atoms with van der Waals surface area (Å²) in [6, 6.07) is 1.58. The fraction of sp³-hybridized carbons (Fsp3) is 0.583. The van der Waals surface area contributed by atoms with Crippen molar-refractivity contribution in [3.8, 4) is 0 Å². The van der Waals surface area contributed by atoms with Crippen LogP contribution in [0.15, 0.2) is 6.07 Å². The minimum atomic E-state index is 0.250. The second-order valence-electron chi connectivity index (χ2n) is 4.30. The molecule has 0 aromatic carbocycles. The number of hydrogen-bond donors (Lipinski definition) is 1. The summed E-state index contributed by atoms with van der Waals surface area (Å²) in [5, 5.41) is 4.16. The summed E-state index contributed by atoms with van der Waals surface area (Å²) in [6.07, 6.45) is 5.32. The highest BCUT2D eigenvalue weighted by molar-refractivity contribution is 6.42. The molecule has 0 spiro atoms. The Morgan fingerprint density at radius 2 is 1.94 bits per heavy atom. The summed E-state index contributed by atoms with van der Waals surface area (Å²) in [5.74, 6) is 0.543. The fourth-order valence-corrected chi connectivity index (χ4v) is 2.58. The Bertz CT molecular complexity index is 409. The molecule has 1 heterocycles. The number of nitrogens with zero attached hydrogens (tertiary/aromatic N) is 1. The first-order valence-electron chi connectivity index (χ1n) is 6.04. The van der Waals surface area contributed by atoms with Gasteiger partial charge in [0, 0.05) is 6.54 Å². The van der Waals surface area contributed by atoms with Crippen LogP contribution in [0.4, 0.5) is 5.82 Å². The van der Waals surface area contributed by atoms with Crippen LogP contribution in [0.1, 0.15) is 25.7 Å². The van der Waals surface area contributed by atoms with Crippen molar-refractivity contribution < 1.29 is 4.74 Å². The van der Waals surface area contributed by atoms with Crippen molar-refractivity contribution in [2.24, 2.45) is 0 Å². The van der Waals surface area contributed by atoms with Gasteiger partial charge in [-0.3, -0.25) is 0 Å². The van der Waals surface area contributed by atoms with Crippen LogP contribution in [0.25, 0.3) is 0 Å². The van der Waals surface area contributed by atoms with E-state index in [1.165, 1.54) is 25.7 Å². The molecular weight excluding hydrogens is 295 g/mol. The number of rotatable bonds is 5. The maximum atomic E-state index is 6.00. The van der Waals surface area contributed by atoms with Gasteiger partial charge in [0.1, 0.15) is 11.0 Å². The summed E-state index contributed by atoms with van der Waals surface area (Å²) in [4.78, 5) is 4.08. The minimum absolute atomic E-state index is 0.250. The predicted molar refractivity (Wildman–Crippen MR) is 76.0 cm³/mol. The van der Waals surface area contributed by atoms with Gasteiger partial charge in [-0.05, 0) is 18.9 Å². The SMILES string of the molecule is Clc1cc(Cl)c(NCCOC2CCCC2)nc1Cl. The first kappa shape index (κ1) is 14.2. The Hall–Kier alpha value is -0.220. The third-order valence-electron chi connectivity index (χ3n) is 2.94. The van der Waals surface area contributed by atoms with Crippen LogP contribution >= 0.6 is 34.8 Å². The Kier molecular flexibility index (Phi) is 5.37. The average molecular weight is 310 g/mol. The van der Waals surface area contributed by atoms with Crippen LogP contribution < -0.4 is 5.32 Å². The van der Waals surface area contributed by atoms with E-state index in [0.717, 1.165) is 0 Å². The molecule has 0 atom stereocenters. The molecule has 0 radical (unpaired) electrons. The molecule has 0 unspecified atom stereocenters. The number of ether oxygens (including phenoxy) is 1. The average Bonchev–Trinajstić information content (AvgIpc) is 2.84. The molecule has 1 saturated carbocycles. The lowest BCUT2D eigenvalue weighted by atomic mass is 10.3. The number of hydrogen-bond acceptors (Lipinski definition) is 3. The van der Waals surface area contributed by atoms with Crippen LogP contribution in [0.2, 0.25) is 15.2 Å². The van der Waals surface area contributed by atoms with Crippen molar-refractivity contribution in [2.75, 3.05) is 18.5 Å². The number of pyridine rings is 1. The zero-order chi connectivity index (χ0) is 13.0. The van der Waals surface area contributed by atoms with Crippen molar-refractivity contribution >= 4 is 40.6 Å². The van der Waals surface area contributed by atoms with Crippen molar-refractivity contribution in [1.29, 1.82) is 0 Å². The van der Waals surface area contributed by atoms with Gasteiger partial charge >= 0.3 is 0 Å². The maximum Gasteiger partial charge on any atom is 0.150 e. The van der Waals surface area contributed by atoms with Crippen LogP contribution in [-0.2, 0) is 4.74 Å². The molecular formula is C12H15Cl3N2O. The maximum absolute atomic E-state index is 6.00. The summed E-state index contributed by atoms with van der Waals surface area (Å²) in [5.41, 5.74) is 0. The van der Waals surface area contributed by atoms with Gasteiger partial charge < -0.3 is 10.1 Å². The zero-order valence-electron chi connectivity index (χ0n) is 9.89. The summed E-state index contributed by atoms with van der Waals surface area (Å²) in [6.45, 7) is 1.30. The van der Waals surface area contributed by atoms with Gasteiger partial charge in [0.2, 0.25) is 0 Å². The second kappa shape index (κ2) is 6.80. The lowest BCUT2D eigenvalue weighted by Gasteiger charge is -2.12. The largest absolute Gasteiger partial charge is 0.376 e. The highest BCUT2D eigenvalue weighted by atomic mass is 35.5. The van der Waals surface area contributed by atoms with Crippen molar-refractivity contribution in [2.45, 2.75) is 31.8 Å². The third kappa shape index (κ3) is 3.89. The number of aromatic nitrogens is 1. The molecule has 1 N–H and O–H groups in total. The van der Waals surface area contributed by atoms with E-state index < -0.39 is 0 Å². The van der Waals surface area contributed by atoms with Crippen LogP contribution in [0.3, 0.4) is 0 Å². The van der Waals surface area contributed by atoms with E-state index in [2.05, 4.69) is 10.3 Å². The van der Waals surface area contributed by atoms with Gasteiger partial charge in [-0.25, -0.2) is 4.98 Å². The Morgan fingerprint density at radius 1 is 1.22 bits per heavy atom. The monoisotopic (exact) mass is 308 g/mol. The van der Waals surface area contributed by atoms with Gasteiger partial charge in [-0.1, -0.05) is 47.6 Å². The Balaban J connectivity index is 1.77. The van der Waals surface area contributed by atoms with Crippen molar-refractivity contribution in [3.63, 3.8) is 0 Å². The lowest BCUT2D eigenvalue weighted by molar-refractivity contribution is 0.0659. The predicted octanol–water partition coefficient (Wildman–Crippen LogP) is 4.41. The van der Waals surface area contributed by atoms with Crippen molar-refractivity contribution in [3.05, 3.63) is 21.3 Å². The number of nitrogens with one attached hydrogen (secondary N) is 1. The lowest BCUT2D eigenvalue weighted by Crippen LogP contribution is -2.16. The smallest absolute Gasteiger partial charge is 0.150 e. The van der Waals surface area contributed by atoms with Crippen molar-refractivity contribution in [1.82, 2.24) is 4.98 Å². The van der Waals surface area contributed by atoms with Crippen LogP contribution in [0.5, 0.6) is 0 Å². The fourth-order valence-electron chi connectivity index (χ4n) is 2.02. The van der Waals surface area contributed by atoms with Crippen LogP contribution in [0, 0.1) is 0 Å². The quantitative estimate of drug-likeness (QED) is 0.646. The molecule has 0 aliphatic heterocycles. The first-order chi connectivity index (χ1) is 8.66. The number of anilines is 1. The molecule has 2 rings (SSSR count). The molecule has 1 aliphatic rings. The van der Waals surface area contributed by atoms with Gasteiger partial charge in [-0.15, -0.1) is 0 Å². The van der Waals surface area contributed by atoms with Gasteiger partial charge in [0.15, 0.2) is 0 Å². The molecule has 1 aromatic heterocycles. The zero-order valence-corrected chi connectivity index (χ0v) is 12.2. The van der Waals surface area contributed by atoms with E-state index in [-0.39, 0.29) is 5.15 Å². The molecule has 1 aliphatic carbocycles. The Morgan fingerprint density at radius 3 is 2.67 bits per heavy atom. The Labute approximate surface area is 122 Å². The molecule has 100 valence electrons. The normalized spacial score (nSPS) is 16.2. The minimum Gasteiger partial charge on any atom is -0.376 e. The highest BCUT2D eigenvalue weighted by Gasteiger charge is 2.14. The standard InChI is InChI=1S/C12H15Cl3N2O/c13-9-7-10(14)12(17-11(9)15)16-5-6-18-8-3-1-2-4-8/h7-8H,1-6H2,(H,16,17). The second-order valence-corrected chi connectivity index (χ2v) is 5.47. The van der Waals surface area contributed by atoms with E-state index in [1.54, 1.807) is 6.07 Å².